The number of pyridine rings is 2. The molecule has 4 aromatic heterocycles. The third kappa shape index (κ3) is 4.19. The Bertz CT molecular complexity index is 1780. The number of aromatic nitrogens is 6. The molecule has 6 aromatic rings. The zero-order chi connectivity index (χ0) is 26.2. The largest absolute Gasteiger partial charge is 0.610 e. The summed E-state index contributed by atoms with van der Waals surface area (Å²) in [5.74, 6) is 1.54. The summed E-state index contributed by atoms with van der Waals surface area (Å²) in [5, 5.41) is 7.89. The van der Waals surface area contributed by atoms with Gasteiger partial charge < -0.3 is 14.0 Å². The van der Waals surface area contributed by atoms with Gasteiger partial charge in [-0.05, 0) is 23.6 Å². The van der Waals surface area contributed by atoms with Crippen LogP contribution in [-0.2, 0) is 11.2 Å². The Hall–Kier alpha value is -4.54. The lowest BCUT2D eigenvalue weighted by Gasteiger charge is -2.14. The first-order valence-corrected chi connectivity index (χ1v) is 13.2. The van der Waals surface area contributed by atoms with Crippen LogP contribution in [0.4, 0.5) is 0 Å². The summed E-state index contributed by atoms with van der Waals surface area (Å²) >= 11 is -1.14. The average Bonchev–Trinajstić information content (AvgIpc) is 3.46. The van der Waals surface area contributed by atoms with Crippen molar-refractivity contribution in [1.29, 1.82) is 0 Å². The van der Waals surface area contributed by atoms with Crippen molar-refractivity contribution in [2.45, 2.75) is 5.03 Å². The lowest BCUT2D eigenvalue weighted by Crippen LogP contribution is -2.04. The third-order valence-corrected chi connectivity index (χ3v) is 7.11. The smallest absolute Gasteiger partial charge is 0.251 e. The van der Waals surface area contributed by atoms with Crippen molar-refractivity contribution in [3.8, 4) is 39.8 Å². The predicted molar refractivity (Wildman–Crippen MR) is 146 cm³/mol. The van der Waals surface area contributed by atoms with Crippen LogP contribution in [-0.4, -0.2) is 54.7 Å². The molecule has 0 spiro atoms. The van der Waals surface area contributed by atoms with E-state index >= 15 is 0 Å². The summed E-state index contributed by atoms with van der Waals surface area (Å²) in [7, 11) is 3.20. The number of hydrogen-bond acceptors (Lipinski definition) is 8. The van der Waals surface area contributed by atoms with Crippen LogP contribution in [0.15, 0.2) is 84.5 Å². The van der Waals surface area contributed by atoms with E-state index in [1.807, 2.05) is 54.9 Å². The molecule has 1 unspecified atom stereocenters. The Kier molecular flexibility index (Phi) is 6.10. The number of ether oxygens (including phenoxy) is 2. The van der Waals surface area contributed by atoms with Gasteiger partial charge in [-0.3, -0.25) is 4.98 Å². The van der Waals surface area contributed by atoms with E-state index in [1.165, 1.54) is 0 Å². The Morgan fingerprint density at radius 1 is 0.868 bits per heavy atom. The normalized spacial score (nSPS) is 12.1. The molecule has 1 atom stereocenters. The zero-order valence-corrected chi connectivity index (χ0v) is 21.6. The molecule has 0 aliphatic heterocycles. The molecule has 0 saturated carbocycles. The van der Waals surface area contributed by atoms with Crippen molar-refractivity contribution in [2.75, 3.05) is 20.5 Å². The highest BCUT2D eigenvalue weighted by Gasteiger charge is 2.18. The third-order valence-electron chi connectivity index (χ3n) is 6.28. The van der Waals surface area contributed by atoms with E-state index in [2.05, 4.69) is 15.1 Å². The van der Waals surface area contributed by atoms with Crippen molar-refractivity contribution >= 4 is 32.9 Å². The second-order valence-electron chi connectivity index (χ2n) is 8.51. The second kappa shape index (κ2) is 9.73. The van der Waals surface area contributed by atoms with Crippen LogP contribution in [0, 0.1) is 0 Å². The van der Waals surface area contributed by atoms with Crippen LogP contribution >= 0.6 is 0 Å². The summed E-state index contributed by atoms with van der Waals surface area (Å²) < 4.78 is 24.5. The first kappa shape index (κ1) is 23.8. The van der Waals surface area contributed by atoms with E-state index < -0.39 is 11.2 Å². The van der Waals surface area contributed by atoms with Gasteiger partial charge in [0, 0.05) is 75.6 Å². The fraction of sp³-hybridized carbons (Fsp3) is 0.107. The van der Waals surface area contributed by atoms with Crippen LogP contribution in [0.25, 0.3) is 50.0 Å². The van der Waals surface area contributed by atoms with Crippen LogP contribution in [0.5, 0.6) is 11.5 Å². The summed E-state index contributed by atoms with van der Waals surface area (Å²) in [4.78, 5) is 18.4. The molecule has 188 valence electrons. The molecule has 0 aliphatic carbocycles. The SMILES string of the molecule is COc1cc2nc(-n3cc(-c4ccc([S+](C)[O-])nc4)cn3)nc(-c3cccc4ccncc34)c2cc1OC. The number of methoxy groups -OCH3 is 2. The van der Waals surface area contributed by atoms with Gasteiger partial charge in [-0.1, -0.05) is 18.2 Å². The van der Waals surface area contributed by atoms with Gasteiger partial charge in [0.25, 0.3) is 5.95 Å². The number of hydrogen-bond donors (Lipinski definition) is 0. The van der Waals surface area contributed by atoms with Gasteiger partial charge in [0.1, 0.15) is 6.26 Å². The molecule has 0 radical (unpaired) electrons. The Labute approximate surface area is 221 Å². The minimum absolute atomic E-state index is 0.395. The monoisotopic (exact) mass is 522 g/mol. The average molecular weight is 523 g/mol. The lowest BCUT2D eigenvalue weighted by molar-refractivity contribution is 0.356. The molecule has 4 heterocycles. The Morgan fingerprint density at radius 3 is 2.47 bits per heavy atom. The van der Waals surface area contributed by atoms with E-state index in [4.69, 9.17) is 19.4 Å². The lowest BCUT2D eigenvalue weighted by atomic mass is 10.0. The van der Waals surface area contributed by atoms with Crippen LogP contribution in [0.3, 0.4) is 0 Å². The van der Waals surface area contributed by atoms with Gasteiger partial charge in [-0.15, -0.1) is 0 Å². The molecular weight excluding hydrogens is 500 g/mol. The van der Waals surface area contributed by atoms with Crippen molar-refractivity contribution < 1.29 is 14.0 Å². The van der Waals surface area contributed by atoms with Crippen molar-refractivity contribution in [2.24, 2.45) is 0 Å². The van der Waals surface area contributed by atoms with Crippen LogP contribution in [0.2, 0.25) is 0 Å². The van der Waals surface area contributed by atoms with E-state index in [0.717, 1.165) is 38.5 Å². The highest BCUT2D eigenvalue weighted by Crippen LogP contribution is 2.38. The standard InChI is InChI=1S/C28H22N6O3S/c1-36-24-11-21-23(12-25(24)37-2)32-28(33-27(21)20-6-4-5-17-9-10-29-15-22(17)20)34-16-19(14-31-34)18-7-8-26(30-13-18)38(3)35/h4-16H,1-3H3. The molecule has 0 fully saturated rings. The minimum Gasteiger partial charge on any atom is -0.610 e. The molecule has 10 heteroatoms. The molecular formula is C28H22N6O3S. The van der Waals surface area contributed by atoms with E-state index in [9.17, 15) is 4.55 Å². The van der Waals surface area contributed by atoms with Crippen molar-refractivity contribution in [3.63, 3.8) is 0 Å². The molecule has 38 heavy (non-hydrogen) atoms. The molecule has 6 rings (SSSR count). The number of fused-ring (bicyclic) bond motifs is 2. The summed E-state index contributed by atoms with van der Waals surface area (Å²) in [6.07, 6.45) is 10.5. The van der Waals surface area contributed by atoms with Gasteiger partial charge in [0.05, 0.1) is 31.6 Å². The second-order valence-corrected chi connectivity index (χ2v) is 9.84. The molecule has 0 amide bonds. The molecule has 9 nitrogen and oxygen atoms in total. The molecule has 2 aromatic carbocycles. The fourth-order valence-electron chi connectivity index (χ4n) is 4.37. The maximum absolute atomic E-state index is 11.7. The number of benzene rings is 2. The highest BCUT2D eigenvalue weighted by molar-refractivity contribution is 7.90. The zero-order valence-electron chi connectivity index (χ0n) is 20.8. The molecule has 0 saturated heterocycles. The first-order valence-electron chi connectivity index (χ1n) is 11.7. The van der Waals surface area contributed by atoms with E-state index in [-0.39, 0.29) is 0 Å². The van der Waals surface area contributed by atoms with Crippen LogP contribution in [0.1, 0.15) is 0 Å². The fourth-order valence-corrected chi connectivity index (χ4v) is 4.83. The molecule has 0 aliphatic rings. The van der Waals surface area contributed by atoms with Crippen molar-refractivity contribution in [1.82, 2.24) is 29.7 Å². The van der Waals surface area contributed by atoms with Crippen molar-refractivity contribution in [3.05, 3.63) is 79.5 Å². The minimum atomic E-state index is -1.14. The summed E-state index contributed by atoms with van der Waals surface area (Å²) in [6, 6.07) is 15.4. The maximum Gasteiger partial charge on any atom is 0.251 e. The number of rotatable bonds is 6. The Balaban J connectivity index is 1.55. The van der Waals surface area contributed by atoms with E-state index in [1.54, 1.807) is 49.8 Å². The van der Waals surface area contributed by atoms with Gasteiger partial charge in [0.2, 0.25) is 5.03 Å². The first-order chi connectivity index (χ1) is 18.6. The Morgan fingerprint density at radius 2 is 1.71 bits per heavy atom. The van der Waals surface area contributed by atoms with E-state index in [0.29, 0.717) is 28.0 Å². The summed E-state index contributed by atoms with van der Waals surface area (Å²) in [5.41, 5.74) is 3.99. The van der Waals surface area contributed by atoms with Gasteiger partial charge in [0.15, 0.2) is 11.5 Å². The predicted octanol–water partition coefficient (Wildman–Crippen LogP) is 4.85. The van der Waals surface area contributed by atoms with Crippen LogP contribution < -0.4 is 9.47 Å². The van der Waals surface area contributed by atoms with Gasteiger partial charge >= 0.3 is 0 Å². The number of nitrogens with zero attached hydrogens (tertiary/aromatic N) is 6. The quantitative estimate of drug-likeness (QED) is 0.286. The van der Waals surface area contributed by atoms with Gasteiger partial charge in [-0.25, -0.2) is 19.6 Å². The summed E-state index contributed by atoms with van der Waals surface area (Å²) in [6.45, 7) is 0. The highest BCUT2D eigenvalue weighted by atomic mass is 32.2. The van der Waals surface area contributed by atoms with Gasteiger partial charge in [-0.2, -0.15) is 5.10 Å². The topological polar surface area (TPSA) is 111 Å². The molecule has 0 N–H and O–H groups in total. The molecule has 0 bridgehead atoms. The maximum atomic E-state index is 11.7.